The van der Waals surface area contributed by atoms with Gasteiger partial charge in [-0.25, -0.2) is 9.28 Å². The number of carbonyl (C=O) groups is 2. The predicted octanol–water partition coefficient (Wildman–Crippen LogP) is 1.16. The lowest BCUT2D eigenvalue weighted by Crippen LogP contribution is -2.44. The maximum absolute atomic E-state index is 10.7. The molecule has 0 saturated carbocycles. The number of hydrogen-bond donors (Lipinski definition) is 2. The number of hydrogen-bond acceptors (Lipinski definition) is 2. The number of carboxylic acid groups (broad SMARTS) is 2. The van der Waals surface area contributed by atoms with Crippen LogP contribution in [0.15, 0.2) is 11.6 Å². The highest BCUT2D eigenvalue weighted by Gasteiger charge is 2.24. The summed E-state index contributed by atoms with van der Waals surface area (Å²) < 4.78 is -0.163. The maximum atomic E-state index is 10.7. The molecule has 5 heteroatoms. The number of amides is 1. The molecule has 80 valence electrons. The van der Waals surface area contributed by atoms with Gasteiger partial charge in [-0.3, -0.25) is 0 Å². The summed E-state index contributed by atoms with van der Waals surface area (Å²) in [5, 5.41) is 17.3. The highest BCUT2D eigenvalue weighted by Crippen LogP contribution is 2.03. The van der Waals surface area contributed by atoms with E-state index in [1.54, 1.807) is 14.1 Å². The van der Waals surface area contributed by atoms with Crippen molar-refractivity contribution in [2.75, 3.05) is 20.6 Å². The molecule has 0 fully saturated rings. The first kappa shape index (κ1) is 12.6. The number of nitrogens with zero attached hydrogens (tertiary/aromatic N) is 1. The van der Waals surface area contributed by atoms with Crippen LogP contribution in [-0.4, -0.2) is 47.4 Å². The Morgan fingerprint density at radius 1 is 1.29 bits per heavy atom. The molecule has 0 unspecified atom stereocenters. The van der Waals surface area contributed by atoms with Crippen LogP contribution in [0.25, 0.3) is 0 Å². The monoisotopic (exact) mass is 202 g/mol. The van der Waals surface area contributed by atoms with Crippen LogP contribution in [-0.2, 0) is 4.79 Å². The number of quaternary nitrogens is 1. The summed E-state index contributed by atoms with van der Waals surface area (Å²) in [6.07, 6.45) is 1.05. The normalized spacial score (nSPS) is 12.6. The Bertz CT molecular complexity index is 268. The van der Waals surface area contributed by atoms with Crippen molar-refractivity contribution in [1.82, 2.24) is 0 Å². The zero-order valence-corrected chi connectivity index (χ0v) is 8.65. The number of aliphatic carboxylic acids is 1. The first-order valence-corrected chi connectivity index (χ1v) is 4.24. The Morgan fingerprint density at radius 3 is 2.14 bits per heavy atom. The van der Waals surface area contributed by atoms with E-state index in [0.717, 1.165) is 0 Å². The quantitative estimate of drug-likeness (QED) is 0.530. The molecule has 1 amide bonds. The molecule has 14 heavy (non-hydrogen) atoms. The molecule has 0 aliphatic carbocycles. The fourth-order valence-corrected chi connectivity index (χ4v) is 0.787. The topological polar surface area (TPSA) is 74.6 Å². The second-order valence-corrected chi connectivity index (χ2v) is 3.67. The molecule has 0 bridgehead atoms. The molecule has 5 nitrogen and oxygen atoms in total. The van der Waals surface area contributed by atoms with E-state index in [0.29, 0.717) is 13.0 Å². The lowest BCUT2D eigenvalue weighted by molar-refractivity contribution is -0.816. The molecule has 0 atom stereocenters. The minimum absolute atomic E-state index is 0.163. The first-order valence-electron chi connectivity index (χ1n) is 4.24. The van der Waals surface area contributed by atoms with Gasteiger partial charge >= 0.3 is 12.1 Å². The van der Waals surface area contributed by atoms with Gasteiger partial charge in [0, 0.05) is 12.0 Å². The van der Waals surface area contributed by atoms with E-state index in [2.05, 4.69) is 0 Å². The van der Waals surface area contributed by atoms with Crippen LogP contribution in [0.1, 0.15) is 13.3 Å². The van der Waals surface area contributed by atoms with E-state index in [1.165, 1.54) is 13.0 Å². The molecule has 0 aliphatic heterocycles. The molecule has 0 spiro atoms. The van der Waals surface area contributed by atoms with Crippen LogP contribution in [0, 0.1) is 0 Å². The SMILES string of the molecule is CC(=CCC[N+](C)(C)C(=O)O)C(=O)O. The van der Waals surface area contributed by atoms with Crippen LogP contribution in [0.3, 0.4) is 0 Å². The third-order valence-electron chi connectivity index (χ3n) is 1.99. The largest absolute Gasteiger partial charge is 0.513 e. The molecule has 0 aliphatic rings. The molecular formula is C9H16NO4+. The molecule has 0 heterocycles. The van der Waals surface area contributed by atoms with E-state index in [-0.39, 0.29) is 10.1 Å². The molecule has 0 aromatic rings. The maximum Gasteiger partial charge on any atom is 0.513 e. The smallest absolute Gasteiger partial charge is 0.478 e. The summed E-state index contributed by atoms with van der Waals surface area (Å²) >= 11 is 0. The zero-order valence-electron chi connectivity index (χ0n) is 8.65. The van der Waals surface area contributed by atoms with Gasteiger partial charge in [0.2, 0.25) is 0 Å². The van der Waals surface area contributed by atoms with Gasteiger partial charge in [0.25, 0.3) is 0 Å². The van der Waals surface area contributed by atoms with Crippen molar-refractivity contribution in [3.05, 3.63) is 11.6 Å². The molecule has 0 saturated heterocycles. The van der Waals surface area contributed by atoms with E-state index >= 15 is 0 Å². The fourth-order valence-electron chi connectivity index (χ4n) is 0.787. The van der Waals surface area contributed by atoms with E-state index < -0.39 is 12.1 Å². The van der Waals surface area contributed by atoms with Crippen LogP contribution >= 0.6 is 0 Å². The Kier molecular flexibility index (Phi) is 4.30. The lowest BCUT2D eigenvalue weighted by atomic mass is 10.2. The number of rotatable bonds is 4. The van der Waals surface area contributed by atoms with E-state index in [4.69, 9.17) is 10.2 Å². The highest BCUT2D eigenvalue weighted by molar-refractivity contribution is 5.85. The molecule has 0 aromatic carbocycles. The highest BCUT2D eigenvalue weighted by atomic mass is 16.4. The second kappa shape index (κ2) is 4.76. The fraction of sp³-hybridized carbons (Fsp3) is 0.556. The van der Waals surface area contributed by atoms with Gasteiger partial charge in [0.1, 0.15) is 0 Å². The van der Waals surface area contributed by atoms with Gasteiger partial charge < -0.3 is 10.2 Å². The predicted molar refractivity (Wildman–Crippen MR) is 51.0 cm³/mol. The van der Waals surface area contributed by atoms with Crippen molar-refractivity contribution in [2.45, 2.75) is 13.3 Å². The summed E-state index contributed by atoms with van der Waals surface area (Å²) in [4.78, 5) is 21.1. The summed E-state index contributed by atoms with van der Waals surface area (Å²) in [6.45, 7) is 1.86. The Hall–Kier alpha value is -1.36. The standard InChI is InChI=1S/C9H15NO4/c1-7(8(11)12)5-4-6-10(2,3)9(13)14/h5H,4,6H2,1-3H3,(H-,11,12,13,14)/p+1. The first-order chi connectivity index (χ1) is 6.27. The van der Waals surface area contributed by atoms with Crippen molar-refractivity contribution in [2.24, 2.45) is 0 Å². The summed E-state index contributed by atoms with van der Waals surface area (Å²) in [5.41, 5.74) is 0.246. The molecule has 2 N–H and O–H groups in total. The van der Waals surface area contributed by atoms with Gasteiger partial charge in [-0.1, -0.05) is 6.08 Å². The van der Waals surface area contributed by atoms with Gasteiger partial charge in [-0.15, -0.1) is 0 Å². The molecular weight excluding hydrogens is 186 g/mol. The molecule has 0 radical (unpaired) electrons. The Labute approximate surface area is 82.9 Å². The lowest BCUT2D eigenvalue weighted by Gasteiger charge is -2.21. The number of carboxylic acids is 1. The van der Waals surface area contributed by atoms with Gasteiger partial charge in [-0.2, -0.15) is 4.79 Å². The summed E-state index contributed by atoms with van der Waals surface area (Å²) in [5.74, 6) is -0.967. The minimum atomic E-state index is -0.967. The third kappa shape index (κ3) is 4.04. The zero-order chi connectivity index (χ0) is 11.4. The van der Waals surface area contributed by atoms with Crippen LogP contribution < -0.4 is 0 Å². The van der Waals surface area contributed by atoms with Crippen LogP contribution in [0.5, 0.6) is 0 Å². The third-order valence-corrected chi connectivity index (χ3v) is 1.99. The molecule has 0 rings (SSSR count). The van der Waals surface area contributed by atoms with Crippen molar-refractivity contribution >= 4 is 12.1 Å². The second-order valence-electron chi connectivity index (χ2n) is 3.67. The van der Waals surface area contributed by atoms with Crippen molar-refractivity contribution < 1.29 is 24.3 Å². The summed E-state index contributed by atoms with van der Waals surface area (Å²) in [6, 6.07) is 0. The molecule has 0 aromatic heterocycles. The van der Waals surface area contributed by atoms with E-state index in [1.807, 2.05) is 0 Å². The average molecular weight is 202 g/mol. The summed E-state index contributed by atoms with van der Waals surface area (Å²) in [7, 11) is 3.12. The van der Waals surface area contributed by atoms with Crippen LogP contribution in [0.2, 0.25) is 0 Å². The van der Waals surface area contributed by atoms with E-state index in [9.17, 15) is 9.59 Å². The van der Waals surface area contributed by atoms with Crippen molar-refractivity contribution in [3.63, 3.8) is 0 Å². The van der Waals surface area contributed by atoms with Crippen molar-refractivity contribution in [1.29, 1.82) is 0 Å². The minimum Gasteiger partial charge on any atom is -0.478 e. The Balaban J connectivity index is 4.15. The van der Waals surface area contributed by atoms with Gasteiger partial charge in [-0.05, 0) is 6.92 Å². The van der Waals surface area contributed by atoms with Gasteiger partial charge in [0.15, 0.2) is 0 Å². The van der Waals surface area contributed by atoms with Gasteiger partial charge in [0.05, 0.1) is 20.6 Å². The van der Waals surface area contributed by atoms with Crippen LogP contribution in [0.4, 0.5) is 4.79 Å². The van der Waals surface area contributed by atoms with Crippen molar-refractivity contribution in [3.8, 4) is 0 Å². The Morgan fingerprint density at radius 2 is 1.79 bits per heavy atom. The average Bonchev–Trinajstić information content (AvgIpc) is 2.03.